The zero-order valence-corrected chi connectivity index (χ0v) is 11.4. The summed E-state index contributed by atoms with van der Waals surface area (Å²) in [6.07, 6.45) is 11.1. The molecular weight excluding hydrogens is 238 g/mol. The third-order valence-corrected chi connectivity index (χ3v) is 3.79. The molecule has 1 fully saturated rings. The summed E-state index contributed by atoms with van der Waals surface area (Å²) in [5, 5.41) is 10.1. The lowest BCUT2D eigenvalue weighted by Gasteiger charge is -2.08. The average molecular weight is 259 g/mol. The molecule has 0 amide bonds. The van der Waals surface area contributed by atoms with Crippen LogP contribution in [0.2, 0.25) is 0 Å². The third kappa shape index (κ3) is 2.73. The van der Waals surface area contributed by atoms with Crippen LogP contribution in [-0.2, 0) is 13.1 Å². The van der Waals surface area contributed by atoms with E-state index < -0.39 is 0 Å². The molecule has 1 aliphatic rings. The monoisotopic (exact) mass is 259 g/mol. The van der Waals surface area contributed by atoms with Crippen molar-refractivity contribution in [2.45, 2.75) is 45.4 Å². The summed E-state index contributed by atoms with van der Waals surface area (Å²) in [7, 11) is 0. The number of aliphatic hydroxyl groups is 1. The summed E-state index contributed by atoms with van der Waals surface area (Å²) in [4.78, 5) is 4.22. The van der Waals surface area contributed by atoms with Crippen LogP contribution in [0.3, 0.4) is 0 Å². The fourth-order valence-electron chi connectivity index (χ4n) is 2.53. The largest absolute Gasteiger partial charge is 0.388 e. The van der Waals surface area contributed by atoms with Crippen molar-refractivity contribution in [3.05, 3.63) is 42.2 Å². The minimum Gasteiger partial charge on any atom is -0.388 e. The van der Waals surface area contributed by atoms with Crippen molar-refractivity contribution in [1.29, 1.82) is 0 Å². The van der Waals surface area contributed by atoms with Crippen LogP contribution in [0, 0.1) is 5.92 Å². The van der Waals surface area contributed by atoms with Gasteiger partial charge < -0.3 is 14.2 Å². The smallest absolute Gasteiger partial charge is 0.0948 e. The highest BCUT2D eigenvalue weighted by molar-refractivity contribution is 5.17. The van der Waals surface area contributed by atoms with Gasteiger partial charge in [0, 0.05) is 25.1 Å². The fraction of sp³-hybridized carbons (Fsp3) is 0.533. The number of aromatic nitrogens is 3. The van der Waals surface area contributed by atoms with Crippen molar-refractivity contribution < 1.29 is 5.11 Å². The van der Waals surface area contributed by atoms with Gasteiger partial charge in [0.05, 0.1) is 24.7 Å². The van der Waals surface area contributed by atoms with E-state index in [1.54, 1.807) is 0 Å². The second kappa shape index (κ2) is 5.21. The maximum absolute atomic E-state index is 10.1. The molecule has 0 saturated heterocycles. The van der Waals surface area contributed by atoms with Crippen molar-refractivity contribution in [1.82, 2.24) is 14.1 Å². The first kappa shape index (κ1) is 12.5. The van der Waals surface area contributed by atoms with E-state index in [2.05, 4.69) is 27.2 Å². The Morgan fingerprint density at radius 3 is 3.05 bits per heavy atom. The number of imidazole rings is 1. The third-order valence-electron chi connectivity index (χ3n) is 3.79. The van der Waals surface area contributed by atoms with E-state index in [0.29, 0.717) is 5.92 Å². The molecule has 4 nitrogen and oxygen atoms in total. The average Bonchev–Trinajstić information content (AvgIpc) is 3.01. The summed E-state index contributed by atoms with van der Waals surface area (Å²) in [5.74, 6) is 0.487. The van der Waals surface area contributed by atoms with E-state index in [0.717, 1.165) is 37.9 Å². The van der Waals surface area contributed by atoms with Crippen LogP contribution in [-0.4, -0.2) is 19.2 Å². The maximum atomic E-state index is 10.1. The second-order valence-corrected chi connectivity index (χ2v) is 5.48. The summed E-state index contributed by atoms with van der Waals surface area (Å²) in [6.45, 7) is 4.00. The molecule has 1 atom stereocenters. The van der Waals surface area contributed by atoms with Crippen LogP contribution in [0.1, 0.15) is 43.5 Å². The molecule has 2 aromatic rings. The molecule has 0 aliphatic heterocycles. The van der Waals surface area contributed by atoms with Crippen LogP contribution >= 0.6 is 0 Å². The summed E-state index contributed by atoms with van der Waals surface area (Å²) in [6, 6.07) is 2.03. The molecule has 1 saturated carbocycles. The summed E-state index contributed by atoms with van der Waals surface area (Å²) < 4.78 is 4.32. The van der Waals surface area contributed by atoms with E-state index >= 15 is 0 Å². The number of aliphatic hydroxyl groups excluding tert-OH is 1. The minimum absolute atomic E-state index is 0.276. The fourth-order valence-corrected chi connectivity index (χ4v) is 2.53. The zero-order valence-electron chi connectivity index (χ0n) is 11.4. The Bertz CT molecular complexity index is 539. The highest BCUT2D eigenvalue weighted by Gasteiger charge is 2.31. The predicted molar refractivity (Wildman–Crippen MR) is 73.7 cm³/mol. The molecule has 0 radical (unpaired) electrons. The van der Waals surface area contributed by atoms with Gasteiger partial charge in [-0.25, -0.2) is 4.98 Å². The Morgan fingerprint density at radius 1 is 1.47 bits per heavy atom. The van der Waals surface area contributed by atoms with E-state index in [4.69, 9.17) is 0 Å². The lowest BCUT2D eigenvalue weighted by Crippen LogP contribution is -2.06. The van der Waals surface area contributed by atoms with Gasteiger partial charge >= 0.3 is 0 Å². The highest BCUT2D eigenvalue weighted by atomic mass is 16.3. The Balaban J connectivity index is 1.70. The van der Waals surface area contributed by atoms with Gasteiger partial charge in [0.2, 0.25) is 0 Å². The number of aryl methyl sites for hydroxylation is 1. The van der Waals surface area contributed by atoms with E-state index in [1.807, 2.05) is 24.8 Å². The molecular formula is C15H21N3O. The molecule has 0 aromatic carbocycles. The van der Waals surface area contributed by atoms with Crippen molar-refractivity contribution in [3.8, 4) is 0 Å². The van der Waals surface area contributed by atoms with E-state index in [-0.39, 0.29) is 6.10 Å². The van der Waals surface area contributed by atoms with Gasteiger partial charge in [0.25, 0.3) is 0 Å². The van der Waals surface area contributed by atoms with Crippen molar-refractivity contribution in [2.24, 2.45) is 5.92 Å². The van der Waals surface area contributed by atoms with Crippen LogP contribution in [0.15, 0.2) is 31.0 Å². The van der Waals surface area contributed by atoms with Crippen molar-refractivity contribution in [3.63, 3.8) is 0 Å². The standard InChI is InChI=1S/C15H21N3O/c1-2-6-18-11-16-8-14(18)10-17-7-5-13(9-17)15(19)12-3-4-12/h5,7-9,11-12,15,19H,2-4,6,10H2,1H3. The molecule has 3 rings (SSSR count). The minimum atomic E-state index is -0.276. The molecule has 2 heterocycles. The van der Waals surface area contributed by atoms with Gasteiger partial charge in [-0.1, -0.05) is 6.92 Å². The van der Waals surface area contributed by atoms with E-state index in [9.17, 15) is 5.11 Å². The second-order valence-electron chi connectivity index (χ2n) is 5.48. The Labute approximate surface area is 113 Å². The van der Waals surface area contributed by atoms with Gasteiger partial charge in [-0.2, -0.15) is 0 Å². The highest BCUT2D eigenvalue weighted by Crippen LogP contribution is 2.40. The first-order valence-electron chi connectivity index (χ1n) is 7.10. The lowest BCUT2D eigenvalue weighted by molar-refractivity contribution is 0.154. The van der Waals surface area contributed by atoms with Crippen LogP contribution in [0.4, 0.5) is 0 Å². The topological polar surface area (TPSA) is 43.0 Å². The SMILES string of the molecule is CCCn1cncc1Cn1ccc(C(O)C2CC2)c1. The van der Waals surface area contributed by atoms with Crippen LogP contribution < -0.4 is 0 Å². The van der Waals surface area contributed by atoms with Gasteiger partial charge in [-0.05, 0) is 36.8 Å². The van der Waals surface area contributed by atoms with Crippen molar-refractivity contribution >= 4 is 0 Å². The van der Waals surface area contributed by atoms with Gasteiger partial charge in [-0.3, -0.25) is 0 Å². The van der Waals surface area contributed by atoms with Crippen LogP contribution in [0.25, 0.3) is 0 Å². The Kier molecular flexibility index (Phi) is 3.42. The molecule has 2 aromatic heterocycles. The van der Waals surface area contributed by atoms with Gasteiger partial charge in [0.15, 0.2) is 0 Å². The zero-order chi connectivity index (χ0) is 13.2. The summed E-state index contributed by atoms with van der Waals surface area (Å²) in [5.41, 5.74) is 2.26. The normalized spacial score (nSPS) is 16.7. The van der Waals surface area contributed by atoms with Crippen LogP contribution in [0.5, 0.6) is 0 Å². The number of rotatable bonds is 6. The first-order chi connectivity index (χ1) is 9.28. The Morgan fingerprint density at radius 2 is 2.32 bits per heavy atom. The molecule has 1 unspecified atom stereocenters. The van der Waals surface area contributed by atoms with Crippen molar-refractivity contribution in [2.75, 3.05) is 0 Å². The molecule has 0 bridgehead atoms. The number of nitrogens with zero attached hydrogens (tertiary/aromatic N) is 3. The Hall–Kier alpha value is -1.55. The first-order valence-corrected chi connectivity index (χ1v) is 7.10. The maximum Gasteiger partial charge on any atom is 0.0948 e. The molecule has 19 heavy (non-hydrogen) atoms. The summed E-state index contributed by atoms with van der Waals surface area (Å²) >= 11 is 0. The van der Waals surface area contributed by atoms with E-state index in [1.165, 1.54) is 5.69 Å². The molecule has 102 valence electrons. The lowest BCUT2D eigenvalue weighted by atomic mass is 10.1. The quantitative estimate of drug-likeness (QED) is 0.866. The molecule has 0 spiro atoms. The van der Waals surface area contributed by atoms with Gasteiger partial charge in [-0.15, -0.1) is 0 Å². The number of hydrogen-bond acceptors (Lipinski definition) is 2. The number of hydrogen-bond donors (Lipinski definition) is 1. The van der Waals surface area contributed by atoms with Gasteiger partial charge in [0.1, 0.15) is 0 Å². The molecule has 1 N–H and O–H groups in total. The molecule has 4 heteroatoms. The predicted octanol–water partition coefficient (Wildman–Crippen LogP) is 2.59. The molecule has 1 aliphatic carbocycles.